The Morgan fingerprint density at radius 1 is 1.33 bits per heavy atom. The van der Waals surface area contributed by atoms with Crippen LogP contribution in [0.5, 0.6) is 0 Å². The van der Waals surface area contributed by atoms with Gasteiger partial charge in [0, 0.05) is 0 Å². The van der Waals surface area contributed by atoms with E-state index >= 15 is 0 Å². The zero-order valence-corrected chi connectivity index (χ0v) is 6.64. The molecule has 0 fully saturated rings. The van der Waals surface area contributed by atoms with Crippen LogP contribution in [-0.4, -0.2) is 16.5 Å². The Morgan fingerprint density at radius 3 is 2.58 bits per heavy atom. The summed E-state index contributed by atoms with van der Waals surface area (Å²) in [6.45, 7) is 0. The molecule has 1 radical (unpaired) electrons. The first-order valence-corrected chi connectivity index (χ1v) is 3.77. The van der Waals surface area contributed by atoms with Crippen LogP contribution >= 0.6 is 0 Å². The van der Waals surface area contributed by atoms with E-state index in [-0.39, 0.29) is 0 Å². The minimum absolute atomic E-state index is 0.715. The maximum Gasteiger partial charge on any atom is 0.171 e. The van der Waals surface area contributed by atoms with Crippen LogP contribution in [0.1, 0.15) is 5.56 Å². The lowest BCUT2D eigenvalue weighted by Gasteiger charge is -1.95. The Hall–Kier alpha value is -1.12. The summed E-state index contributed by atoms with van der Waals surface area (Å²) in [5.74, 6) is 0. The highest BCUT2D eigenvalue weighted by atomic mass is 16.5. The van der Waals surface area contributed by atoms with Crippen molar-refractivity contribution in [1.29, 1.82) is 0 Å². The van der Waals surface area contributed by atoms with Crippen LogP contribution in [0.2, 0.25) is 0 Å². The molecule has 2 heteroatoms. The van der Waals surface area contributed by atoms with Crippen molar-refractivity contribution >= 4 is 0 Å². The summed E-state index contributed by atoms with van der Waals surface area (Å²) in [7, 11) is 0. The second-order valence-electron chi connectivity index (χ2n) is 2.45. The lowest BCUT2D eigenvalue weighted by atomic mass is 10.1. The smallest absolute Gasteiger partial charge is 0.171 e. The molecule has 1 aromatic carbocycles. The fourth-order valence-corrected chi connectivity index (χ4v) is 0.883. The highest BCUT2D eigenvalue weighted by Gasteiger charge is 1.88. The molecule has 12 heavy (non-hydrogen) atoms. The van der Waals surface area contributed by atoms with Gasteiger partial charge in [-0.05, 0) is 24.1 Å². The van der Waals surface area contributed by atoms with Gasteiger partial charge in [0.1, 0.15) is 0 Å². The molecular formula is C10H11O2. The van der Waals surface area contributed by atoms with Gasteiger partial charge in [0.2, 0.25) is 0 Å². The van der Waals surface area contributed by atoms with Gasteiger partial charge in [-0.25, -0.2) is 0 Å². The molecule has 0 saturated carbocycles. The molecule has 0 aliphatic rings. The minimum Gasteiger partial charge on any atom is -0.365 e. The predicted octanol–water partition coefficient (Wildman–Crippen LogP) is 0.896. The van der Waals surface area contributed by atoms with E-state index < -0.39 is 6.29 Å². The van der Waals surface area contributed by atoms with E-state index in [1.807, 2.05) is 24.3 Å². The van der Waals surface area contributed by atoms with Gasteiger partial charge in [-0.3, -0.25) is 0 Å². The monoisotopic (exact) mass is 163 g/mol. The third-order valence-corrected chi connectivity index (χ3v) is 1.45. The van der Waals surface area contributed by atoms with E-state index in [9.17, 15) is 0 Å². The second-order valence-corrected chi connectivity index (χ2v) is 2.45. The van der Waals surface area contributed by atoms with Crippen LogP contribution < -0.4 is 0 Å². The SMILES string of the molecule is OC(O)C=CCc1cc[c]cc1. The first-order valence-electron chi connectivity index (χ1n) is 3.77. The summed E-state index contributed by atoms with van der Waals surface area (Å²) in [5.41, 5.74) is 1.13. The van der Waals surface area contributed by atoms with Crippen molar-refractivity contribution in [2.24, 2.45) is 0 Å². The lowest BCUT2D eigenvalue weighted by Crippen LogP contribution is -1.97. The van der Waals surface area contributed by atoms with E-state index in [4.69, 9.17) is 10.2 Å². The summed E-state index contributed by atoms with van der Waals surface area (Å²) >= 11 is 0. The third kappa shape index (κ3) is 3.32. The quantitative estimate of drug-likeness (QED) is 0.513. The predicted molar refractivity (Wildman–Crippen MR) is 46.3 cm³/mol. The lowest BCUT2D eigenvalue weighted by molar-refractivity contribution is 0.00221. The highest BCUT2D eigenvalue weighted by Crippen LogP contribution is 1.99. The molecule has 0 bridgehead atoms. The summed E-state index contributed by atoms with van der Waals surface area (Å²) in [6.07, 6.45) is 2.43. The second kappa shape index (κ2) is 4.70. The van der Waals surface area contributed by atoms with Gasteiger partial charge in [-0.2, -0.15) is 0 Å². The van der Waals surface area contributed by atoms with Crippen molar-refractivity contribution in [1.82, 2.24) is 0 Å². The number of benzene rings is 1. The number of rotatable bonds is 3. The maximum atomic E-state index is 8.49. The van der Waals surface area contributed by atoms with E-state index in [1.54, 1.807) is 6.08 Å². The molecule has 0 heterocycles. The van der Waals surface area contributed by atoms with Crippen LogP contribution in [0.25, 0.3) is 0 Å². The Morgan fingerprint density at radius 2 is 2.00 bits per heavy atom. The third-order valence-electron chi connectivity index (χ3n) is 1.45. The molecule has 1 aromatic rings. The van der Waals surface area contributed by atoms with Crippen molar-refractivity contribution in [2.75, 3.05) is 0 Å². The summed E-state index contributed by atoms with van der Waals surface area (Å²) in [6, 6.07) is 10.5. The Labute approximate surface area is 71.8 Å². The average Bonchev–Trinajstić information content (AvgIpc) is 2.05. The van der Waals surface area contributed by atoms with Gasteiger partial charge < -0.3 is 10.2 Å². The Balaban J connectivity index is 2.43. The van der Waals surface area contributed by atoms with Crippen LogP contribution in [0.15, 0.2) is 36.4 Å². The Bertz CT molecular complexity index is 239. The van der Waals surface area contributed by atoms with Crippen LogP contribution in [0, 0.1) is 6.07 Å². The van der Waals surface area contributed by atoms with E-state index in [0.29, 0.717) is 6.42 Å². The normalized spacial score (nSPS) is 11.2. The highest BCUT2D eigenvalue weighted by molar-refractivity contribution is 5.16. The van der Waals surface area contributed by atoms with Gasteiger partial charge in [-0.1, -0.05) is 30.3 Å². The molecule has 0 aliphatic carbocycles. The number of hydrogen-bond donors (Lipinski definition) is 2. The van der Waals surface area contributed by atoms with Crippen LogP contribution in [0.3, 0.4) is 0 Å². The molecule has 0 spiro atoms. The summed E-state index contributed by atoms with van der Waals surface area (Å²) in [5, 5.41) is 17.0. The molecule has 2 nitrogen and oxygen atoms in total. The number of aliphatic hydroxyl groups is 2. The molecular weight excluding hydrogens is 152 g/mol. The summed E-state index contributed by atoms with van der Waals surface area (Å²) in [4.78, 5) is 0. The van der Waals surface area contributed by atoms with Crippen molar-refractivity contribution in [3.63, 3.8) is 0 Å². The zero-order valence-electron chi connectivity index (χ0n) is 6.64. The standard InChI is InChI=1S/C10H11O2/c11-10(12)8-4-7-9-5-2-1-3-6-9/h2-6,8,10-12H,7H2. The van der Waals surface area contributed by atoms with Crippen molar-refractivity contribution in [3.05, 3.63) is 48.0 Å². The molecule has 0 aromatic heterocycles. The van der Waals surface area contributed by atoms with Crippen molar-refractivity contribution < 1.29 is 10.2 Å². The number of allylic oxidation sites excluding steroid dienone is 1. The van der Waals surface area contributed by atoms with E-state index in [2.05, 4.69) is 6.07 Å². The molecule has 0 unspecified atom stereocenters. The Kier molecular flexibility index (Phi) is 3.51. The van der Waals surface area contributed by atoms with Gasteiger partial charge in [-0.15, -0.1) is 0 Å². The molecule has 0 atom stereocenters. The van der Waals surface area contributed by atoms with Crippen LogP contribution in [0.4, 0.5) is 0 Å². The summed E-state index contributed by atoms with van der Waals surface area (Å²) < 4.78 is 0. The van der Waals surface area contributed by atoms with Crippen molar-refractivity contribution in [3.8, 4) is 0 Å². The van der Waals surface area contributed by atoms with E-state index in [1.165, 1.54) is 6.08 Å². The molecule has 2 N–H and O–H groups in total. The molecule has 63 valence electrons. The van der Waals surface area contributed by atoms with Gasteiger partial charge >= 0.3 is 0 Å². The number of hydrogen-bond acceptors (Lipinski definition) is 2. The molecule has 1 rings (SSSR count). The fourth-order valence-electron chi connectivity index (χ4n) is 0.883. The topological polar surface area (TPSA) is 40.5 Å². The molecule has 0 saturated heterocycles. The maximum absolute atomic E-state index is 8.49. The minimum atomic E-state index is -1.35. The zero-order chi connectivity index (χ0) is 8.81. The van der Waals surface area contributed by atoms with Crippen LogP contribution in [-0.2, 0) is 6.42 Å². The molecule has 0 aliphatic heterocycles. The van der Waals surface area contributed by atoms with Gasteiger partial charge in [0.05, 0.1) is 0 Å². The fraction of sp³-hybridized carbons (Fsp3) is 0.200. The van der Waals surface area contributed by atoms with Gasteiger partial charge in [0.15, 0.2) is 6.29 Å². The largest absolute Gasteiger partial charge is 0.365 e. The number of aliphatic hydroxyl groups excluding tert-OH is 1. The average molecular weight is 163 g/mol. The van der Waals surface area contributed by atoms with E-state index in [0.717, 1.165) is 5.56 Å². The van der Waals surface area contributed by atoms with Crippen molar-refractivity contribution in [2.45, 2.75) is 12.7 Å². The first kappa shape index (κ1) is 8.97. The van der Waals surface area contributed by atoms with Gasteiger partial charge in [0.25, 0.3) is 0 Å². The first-order chi connectivity index (χ1) is 5.79. The molecule has 0 amide bonds.